The zero-order valence-electron chi connectivity index (χ0n) is 10.2. The first-order valence-corrected chi connectivity index (χ1v) is 6.42. The third kappa shape index (κ3) is 3.13. The second kappa shape index (κ2) is 5.72. The maximum absolute atomic E-state index is 13.5. The fourth-order valence-corrected chi connectivity index (χ4v) is 2.13. The number of hydrogen-bond donors (Lipinski definition) is 2. The summed E-state index contributed by atoms with van der Waals surface area (Å²) in [6, 6.07) is 0. The fraction of sp³-hybridized carbons (Fsp3) is 0.364. The van der Waals surface area contributed by atoms with Crippen molar-refractivity contribution < 1.29 is 4.39 Å². The van der Waals surface area contributed by atoms with E-state index in [1.54, 1.807) is 17.5 Å². The van der Waals surface area contributed by atoms with E-state index in [0.717, 1.165) is 16.1 Å². The lowest BCUT2D eigenvalue weighted by molar-refractivity contribution is 0.617. The molecule has 2 heterocycles. The SMILES string of the molecule is CCNc1ncc(F)c(NCc2cnc(C)s2)n1. The summed E-state index contributed by atoms with van der Waals surface area (Å²) in [6.45, 7) is 5.06. The van der Waals surface area contributed by atoms with Crippen LogP contribution in [0.1, 0.15) is 16.8 Å². The number of halogens is 1. The number of thiazole rings is 1. The van der Waals surface area contributed by atoms with E-state index in [1.807, 2.05) is 13.8 Å². The highest BCUT2D eigenvalue weighted by molar-refractivity contribution is 7.11. The van der Waals surface area contributed by atoms with Crippen LogP contribution in [0.25, 0.3) is 0 Å². The first-order chi connectivity index (χ1) is 8.69. The number of nitrogens with one attached hydrogen (secondary N) is 2. The highest BCUT2D eigenvalue weighted by atomic mass is 32.1. The number of aryl methyl sites for hydroxylation is 1. The van der Waals surface area contributed by atoms with Gasteiger partial charge in [-0.15, -0.1) is 11.3 Å². The minimum absolute atomic E-state index is 0.201. The van der Waals surface area contributed by atoms with E-state index in [-0.39, 0.29) is 5.82 Å². The van der Waals surface area contributed by atoms with Gasteiger partial charge in [0.25, 0.3) is 0 Å². The molecule has 0 aliphatic carbocycles. The molecule has 2 aromatic heterocycles. The Kier molecular flexibility index (Phi) is 4.03. The second-order valence-corrected chi connectivity index (χ2v) is 4.94. The molecule has 7 heteroatoms. The summed E-state index contributed by atoms with van der Waals surface area (Å²) in [5.41, 5.74) is 0. The molecule has 2 N–H and O–H groups in total. The summed E-state index contributed by atoms with van der Waals surface area (Å²) >= 11 is 1.57. The van der Waals surface area contributed by atoms with Gasteiger partial charge in [0.1, 0.15) is 0 Å². The summed E-state index contributed by atoms with van der Waals surface area (Å²) in [6.07, 6.45) is 2.93. The molecule has 0 atom stereocenters. The Morgan fingerprint density at radius 3 is 2.78 bits per heavy atom. The van der Waals surface area contributed by atoms with Gasteiger partial charge in [0.05, 0.1) is 17.7 Å². The Balaban J connectivity index is 2.05. The molecule has 5 nitrogen and oxygen atoms in total. The molecule has 0 aromatic carbocycles. The van der Waals surface area contributed by atoms with Crippen molar-refractivity contribution in [1.82, 2.24) is 15.0 Å². The maximum atomic E-state index is 13.5. The third-order valence-corrected chi connectivity index (χ3v) is 3.09. The number of nitrogens with zero attached hydrogens (tertiary/aromatic N) is 3. The minimum Gasteiger partial charge on any atom is -0.363 e. The highest BCUT2D eigenvalue weighted by Gasteiger charge is 2.07. The number of aromatic nitrogens is 3. The van der Waals surface area contributed by atoms with Crippen LogP contribution >= 0.6 is 11.3 Å². The van der Waals surface area contributed by atoms with Crippen molar-refractivity contribution in [2.75, 3.05) is 17.2 Å². The maximum Gasteiger partial charge on any atom is 0.224 e. The van der Waals surface area contributed by atoms with Gasteiger partial charge >= 0.3 is 0 Å². The summed E-state index contributed by atoms with van der Waals surface area (Å²) < 4.78 is 13.5. The van der Waals surface area contributed by atoms with Crippen molar-refractivity contribution in [3.05, 3.63) is 28.1 Å². The highest BCUT2D eigenvalue weighted by Crippen LogP contribution is 2.16. The third-order valence-electron chi connectivity index (χ3n) is 2.18. The Hall–Kier alpha value is -1.76. The molecule has 96 valence electrons. The predicted octanol–water partition coefficient (Wildman–Crippen LogP) is 2.42. The van der Waals surface area contributed by atoms with E-state index in [0.29, 0.717) is 19.0 Å². The number of hydrogen-bond acceptors (Lipinski definition) is 6. The van der Waals surface area contributed by atoms with Crippen molar-refractivity contribution in [3.63, 3.8) is 0 Å². The molecule has 0 spiro atoms. The van der Waals surface area contributed by atoms with Crippen molar-refractivity contribution in [3.8, 4) is 0 Å². The fourth-order valence-electron chi connectivity index (χ4n) is 1.39. The monoisotopic (exact) mass is 267 g/mol. The Morgan fingerprint density at radius 1 is 1.28 bits per heavy atom. The van der Waals surface area contributed by atoms with E-state index >= 15 is 0 Å². The summed E-state index contributed by atoms with van der Waals surface area (Å²) in [5, 5.41) is 6.87. The Bertz CT molecular complexity index is 528. The van der Waals surface area contributed by atoms with Gasteiger partial charge in [0.15, 0.2) is 11.6 Å². The van der Waals surface area contributed by atoms with Crippen LogP contribution in [0.15, 0.2) is 12.4 Å². The molecule has 2 rings (SSSR count). The average Bonchev–Trinajstić information content (AvgIpc) is 2.76. The van der Waals surface area contributed by atoms with E-state index in [2.05, 4.69) is 25.6 Å². The Morgan fingerprint density at radius 2 is 2.11 bits per heavy atom. The van der Waals surface area contributed by atoms with E-state index in [9.17, 15) is 4.39 Å². The van der Waals surface area contributed by atoms with Crippen LogP contribution in [0.3, 0.4) is 0 Å². The van der Waals surface area contributed by atoms with Crippen LogP contribution in [-0.4, -0.2) is 21.5 Å². The van der Waals surface area contributed by atoms with Gasteiger partial charge in [-0.2, -0.15) is 4.98 Å². The zero-order chi connectivity index (χ0) is 13.0. The molecule has 0 fully saturated rings. The van der Waals surface area contributed by atoms with E-state index in [1.165, 1.54) is 0 Å². The van der Waals surface area contributed by atoms with Gasteiger partial charge in [-0.3, -0.25) is 0 Å². The largest absolute Gasteiger partial charge is 0.363 e. The molecule has 0 saturated carbocycles. The average molecular weight is 267 g/mol. The van der Waals surface area contributed by atoms with Crippen LogP contribution in [0.4, 0.5) is 16.2 Å². The quantitative estimate of drug-likeness (QED) is 0.871. The molecule has 2 aromatic rings. The first-order valence-electron chi connectivity index (χ1n) is 5.60. The topological polar surface area (TPSA) is 62.7 Å². The normalized spacial score (nSPS) is 10.4. The molecule has 0 saturated heterocycles. The molecule has 0 amide bonds. The standard InChI is InChI=1S/C11H14FN5S/c1-3-13-11-16-6-9(12)10(17-11)15-5-8-4-14-7(2)18-8/h4,6H,3,5H2,1-2H3,(H2,13,15,16,17). The molecule has 18 heavy (non-hydrogen) atoms. The number of rotatable bonds is 5. The molecule has 0 bridgehead atoms. The zero-order valence-corrected chi connectivity index (χ0v) is 11.0. The number of anilines is 2. The summed E-state index contributed by atoms with van der Waals surface area (Å²) in [7, 11) is 0. The molecular formula is C11H14FN5S. The molecule has 0 radical (unpaired) electrons. The molecule has 0 unspecified atom stereocenters. The van der Waals surface area contributed by atoms with Crippen LogP contribution in [0, 0.1) is 12.7 Å². The van der Waals surface area contributed by atoms with Crippen molar-refractivity contribution >= 4 is 23.1 Å². The molecular weight excluding hydrogens is 253 g/mol. The van der Waals surface area contributed by atoms with Crippen molar-refractivity contribution in [2.45, 2.75) is 20.4 Å². The lowest BCUT2D eigenvalue weighted by Gasteiger charge is -2.07. The van der Waals surface area contributed by atoms with Crippen LogP contribution in [0.5, 0.6) is 0 Å². The lowest BCUT2D eigenvalue weighted by Crippen LogP contribution is -2.07. The van der Waals surface area contributed by atoms with E-state index in [4.69, 9.17) is 0 Å². The first kappa shape index (κ1) is 12.7. The lowest BCUT2D eigenvalue weighted by atomic mass is 10.5. The van der Waals surface area contributed by atoms with Crippen LogP contribution in [0.2, 0.25) is 0 Å². The molecule has 0 aliphatic rings. The Labute approximate surface area is 109 Å². The van der Waals surface area contributed by atoms with Gasteiger partial charge in [-0.1, -0.05) is 0 Å². The van der Waals surface area contributed by atoms with Gasteiger partial charge < -0.3 is 10.6 Å². The van der Waals surface area contributed by atoms with Crippen LogP contribution in [-0.2, 0) is 6.54 Å². The predicted molar refractivity (Wildman–Crippen MR) is 70.3 cm³/mol. The molecule has 0 aliphatic heterocycles. The van der Waals surface area contributed by atoms with E-state index < -0.39 is 5.82 Å². The summed E-state index contributed by atoms with van der Waals surface area (Å²) in [4.78, 5) is 13.1. The van der Waals surface area contributed by atoms with Crippen LogP contribution < -0.4 is 10.6 Å². The van der Waals surface area contributed by atoms with Gasteiger partial charge in [-0.05, 0) is 13.8 Å². The van der Waals surface area contributed by atoms with Gasteiger partial charge in [0, 0.05) is 17.6 Å². The van der Waals surface area contributed by atoms with Crippen molar-refractivity contribution in [1.29, 1.82) is 0 Å². The van der Waals surface area contributed by atoms with Gasteiger partial charge in [-0.25, -0.2) is 14.4 Å². The van der Waals surface area contributed by atoms with Gasteiger partial charge in [0.2, 0.25) is 5.95 Å². The van der Waals surface area contributed by atoms with Crippen molar-refractivity contribution in [2.24, 2.45) is 0 Å². The smallest absolute Gasteiger partial charge is 0.224 e. The minimum atomic E-state index is -0.460. The second-order valence-electron chi connectivity index (χ2n) is 3.62. The summed E-state index contributed by atoms with van der Waals surface area (Å²) in [5.74, 6) is 0.159.